The predicted octanol–water partition coefficient (Wildman–Crippen LogP) is 10.9. The van der Waals surface area contributed by atoms with Crippen molar-refractivity contribution >= 4 is 24.1 Å². The molecule has 2 aromatic rings. The topological polar surface area (TPSA) is 51.6 Å². The Morgan fingerprint density at radius 1 is 1.07 bits per heavy atom. The summed E-state index contributed by atoms with van der Waals surface area (Å²) in [6.07, 6.45) is 6.00. The van der Waals surface area contributed by atoms with Crippen LogP contribution in [0.4, 0.5) is 19.4 Å². The zero-order valence-electron chi connectivity index (χ0n) is 26.8. The van der Waals surface area contributed by atoms with E-state index < -0.39 is 29.5 Å². The highest BCUT2D eigenvalue weighted by atomic mass is 32.5. The van der Waals surface area contributed by atoms with Gasteiger partial charge in [0, 0.05) is 22.5 Å². The molecule has 3 aliphatic rings. The first-order valence-electron chi connectivity index (χ1n) is 15.6. The van der Waals surface area contributed by atoms with Crippen LogP contribution in [0.1, 0.15) is 118 Å². The number of nitrogens with zero attached hydrogens (tertiary/aromatic N) is 1. The maximum Gasteiger partial charge on any atom is 0.310 e. The lowest BCUT2D eigenvalue weighted by Crippen LogP contribution is -2.46. The Hall–Kier alpha value is -1.79. The van der Waals surface area contributed by atoms with Crippen LogP contribution in [-0.4, -0.2) is 31.6 Å². The van der Waals surface area contributed by atoms with Crippen LogP contribution in [-0.2, 0) is 15.6 Å². The van der Waals surface area contributed by atoms with E-state index in [0.29, 0.717) is 43.0 Å². The van der Waals surface area contributed by atoms with Gasteiger partial charge >= 0.3 is 10.2 Å². The fraction of sp³-hybridized carbons (Fsp3) is 0.606. The van der Waals surface area contributed by atoms with Gasteiger partial charge in [-0.2, -0.15) is 0 Å². The number of aromatic nitrogens is 1. The fourth-order valence-corrected chi connectivity index (χ4v) is 8.59. The van der Waals surface area contributed by atoms with Crippen LogP contribution in [0, 0.1) is 5.41 Å². The van der Waals surface area contributed by atoms with E-state index in [-0.39, 0.29) is 28.0 Å². The highest BCUT2D eigenvalue weighted by Gasteiger charge is 2.65. The van der Waals surface area contributed by atoms with Crippen LogP contribution >= 0.6 is 10.2 Å². The summed E-state index contributed by atoms with van der Waals surface area (Å²) in [6, 6.07) is 2.66. The van der Waals surface area contributed by atoms with Crippen molar-refractivity contribution in [2.45, 2.75) is 114 Å². The summed E-state index contributed by atoms with van der Waals surface area (Å²) in [5.41, 5.74) is 5.15. The van der Waals surface area contributed by atoms with E-state index in [1.54, 1.807) is 0 Å². The minimum Gasteiger partial charge on any atom is -0.410 e. The normalized spacial score (nSPS) is 23.0. The quantitative estimate of drug-likeness (QED) is 0.237. The number of aliphatic hydroxyl groups is 1. The molecule has 1 aromatic carbocycles. The largest absolute Gasteiger partial charge is 0.410 e. The van der Waals surface area contributed by atoms with Gasteiger partial charge in [0.15, 0.2) is 8.32 Å². The van der Waals surface area contributed by atoms with Gasteiger partial charge < -0.3 is 14.3 Å². The van der Waals surface area contributed by atoms with Gasteiger partial charge in [-0.3, -0.25) is 4.98 Å². The Bertz CT molecular complexity index is 1460. The van der Waals surface area contributed by atoms with Gasteiger partial charge in [-0.05, 0) is 90.4 Å². The number of fused-ring (bicyclic) bond motifs is 1. The van der Waals surface area contributed by atoms with E-state index in [4.69, 9.17) is 14.1 Å². The zero-order valence-corrected chi connectivity index (χ0v) is 28.6. The number of benzene rings is 1. The molecule has 0 bridgehead atoms. The van der Waals surface area contributed by atoms with Crippen molar-refractivity contribution in [3.05, 3.63) is 64.0 Å². The molecule has 2 atom stereocenters. The minimum absolute atomic E-state index is 0.0479. The molecule has 1 spiro atoms. The molecule has 44 heavy (non-hydrogen) atoms. The Kier molecular flexibility index (Phi) is 7.90. The first-order valence-corrected chi connectivity index (χ1v) is 20.4. The molecule has 1 fully saturated rings. The lowest BCUT2D eigenvalue weighted by atomic mass is 9.59. The Balaban J connectivity index is 1.75. The lowest BCUT2D eigenvalue weighted by molar-refractivity contribution is 0.0296. The van der Waals surface area contributed by atoms with Crippen molar-refractivity contribution in [2.75, 3.05) is 13.2 Å². The zero-order chi connectivity index (χ0) is 32.6. The van der Waals surface area contributed by atoms with E-state index in [1.807, 2.05) is 19.9 Å². The number of hydrogen-bond acceptors (Lipinski definition) is 4. The average Bonchev–Trinajstić information content (AvgIpc) is 2.89. The predicted molar refractivity (Wildman–Crippen MR) is 169 cm³/mol. The maximum absolute atomic E-state index is 13.5. The molecule has 11 heteroatoms. The summed E-state index contributed by atoms with van der Waals surface area (Å²) in [5.74, 6) is -0.118. The summed E-state index contributed by atoms with van der Waals surface area (Å²) < 4.78 is 80.5. The van der Waals surface area contributed by atoms with Gasteiger partial charge in [0.2, 0.25) is 0 Å². The van der Waals surface area contributed by atoms with Gasteiger partial charge in [-0.15, -0.1) is 0 Å². The molecule has 0 radical (unpaired) electrons. The number of aliphatic hydroxyl groups excluding tert-OH is 1. The molecule has 0 saturated heterocycles. The SMILES string of the molecule is CC(C)c1nc2c(c(C3=CCOCC3)c1[C@H](O)c1ccc(S(F)(F)(F)(F)F)cc1)[C@@H](O[Si](C)(C)C(C)(C)C)CC1(CCC1)C2. The third-order valence-electron chi connectivity index (χ3n) is 10.3. The van der Waals surface area contributed by atoms with Crippen LogP contribution in [0.3, 0.4) is 0 Å². The summed E-state index contributed by atoms with van der Waals surface area (Å²) in [7, 11) is -12.1. The molecular formula is C33H46F5NO3SSi. The second kappa shape index (κ2) is 10.4. The van der Waals surface area contributed by atoms with Crippen molar-refractivity contribution in [3.8, 4) is 0 Å². The van der Waals surface area contributed by atoms with E-state index in [0.717, 1.165) is 60.2 Å². The fourth-order valence-electron chi connectivity index (χ4n) is 6.67. The van der Waals surface area contributed by atoms with Gasteiger partial charge in [0.25, 0.3) is 0 Å². The van der Waals surface area contributed by atoms with Gasteiger partial charge in [-0.25, -0.2) is 0 Å². The van der Waals surface area contributed by atoms with E-state index in [9.17, 15) is 24.5 Å². The van der Waals surface area contributed by atoms with Crippen molar-refractivity contribution < 1.29 is 33.7 Å². The molecule has 5 rings (SSSR count). The molecule has 1 N–H and O–H groups in total. The van der Waals surface area contributed by atoms with E-state index in [2.05, 4.69) is 33.9 Å². The summed E-state index contributed by atoms with van der Waals surface area (Å²) >= 11 is 0. The molecule has 1 saturated carbocycles. The molecule has 0 amide bonds. The highest BCUT2D eigenvalue weighted by molar-refractivity contribution is 8.45. The molecule has 2 aliphatic carbocycles. The van der Waals surface area contributed by atoms with Gasteiger partial charge in [0.1, 0.15) is 11.0 Å². The van der Waals surface area contributed by atoms with Crippen LogP contribution in [0.5, 0.6) is 0 Å². The molecule has 4 nitrogen and oxygen atoms in total. The lowest BCUT2D eigenvalue weighted by Gasteiger charge is -2.51. The van der Waals surface area contributed by atoms with Crippen LogP contribution in [0.2, 0.25) is 18.1 Å². The number of pyridine rings is 1. The van der Waals surface area contributed by atoms with Crippen molar-refractivity contribution in [1.29, 1.82) is 0 Å². The molecule has 0 unspecified atom stereocenters. The van der Waals surface area contributed by atoms with Crippen molar-refractivity contribution in [3.63, 3.8) is 0 Å². The van der Waals surface area contributed by atoms with Crippen molar-refractivity contribution in [2.24, 2.45) is 5.41 Å². The number of rotatable bonds is 7. The second-order valence-electron chi connectivity index (χ2n) is 14.9. The summed E-state index contributed by atoms with van der Waals surface area (Å²) in [5, 5.41) is 11.9. The number of hydrogen-bond donors (Lipinski definition) is 1. The average molecular weight is 660 g/mol. The summed E-state index contributed by atoms with van der Waals surface area (Å²) in [6.45, 7) is 15.9. The molecule has 246 valence electrons. The van der Waals surface area contributed by atoms with Gasteiger partial charge in [-0.1, -0.05) is 78.7 Å². The monoisotopic (exact) mass is 659 g/mol. The van der Waals surface area contributed by atoms with Crippen molar-refractivity contribution in [1.82, 2.24) is 4.98 Å². The first kappa shape index (κ1) is 33.6. The maximum atomic E-state index is 13.5. The van der Waals surface area contributed by atoms with Crippen LogP contribution in [0.25, 0.3) is 5.57 Å². The van der Waals surface area contributed by atoms with Gasteiger partial charge in [0.05, 0.1) is 19.3 Å². The Morgan fingerprint density at radius 3 is 2.18 bits per heavy atom. The third-order valence-corrected chi connectivity index (χ3v) is 15.9. The number of halogens is 5. The third kappa shape index (κ3) is 6.41. The number of ether oxygens (including phenoxy) is 1. The summed E-state index contributed by atoms with van der Waals surface area (Å²) in [4.78, 5) is 3.26. The Morgan fingerprint density at radius 2 is 1.70 bits per heavy atom. The van der Waals surface area contributed by atoms with Crippen LogP contribution < -0.4 is 0 Å². The van der Waals surface area contributed by atoms with Crippen LogP contribution in [0.15, 0.2) is 35.2 Å². The highest BCUT2D eigenvalue weighted by Crippen LogP contribution is 3.02. The smallest absolute Gasteiger partial charge is 0.310 e. The molecular weight excluding hydrogens is 614 g/mol. The minimum atomic E-state index is -9.87. The molecule has 2 heterocycles. The second-order valence-corrected chi connectivity index (χ2v) is 22.1. The van der Waals surface area contributed by atoms with E-state index in [1.165, 1.54) is 6.42 Å². The molecule has 1 aliphatic heterocycles. The Labute approximate surface area is 259 Å². The van der Waals surface area contributed by atoms with E-state index >= 15 is 0 Å². The standard InChI is InChI=1S/C33H46F5NO3SSi/c1-21(2)30-29(31(40)23-9-11-24(12-10-23)43(34,35,36,37)38)27(22-13-17-41-18-14-22)28-25(39-30)19-33(15-8-16-33)20-26(28)42-44(6,7)32(3,4)5/h9-13,21,26,31,40H,8,14-20H2,1-7H3/t26-,31+/m0/s1. The first-order chi connectivity index (χ1) is 20.0. The molecule has 1 aromatic heterocycles.